The number of rotatable bonds is 4. The minimum atomic E-state index is -0.484. The maximum atomic E-state index is 13.9. The van der Waals surface area contributed by atoms with Crippen LogP contribution in [-0.4, -0.2) is 17.9 Å². The normalized spacial score (nSPS) is 10.5. The van der Waals surface area contributed by atoms with Gasteiger partial charge in [-0.1, -0.05) is 30.3 Å². The van der Waals surface area contributed by atoms with Gasteiger partial charge in [0.15, 0.2) is 0 Å². The largest absolute Gasteiger partial charge is 0.337 e. The summed E-state index contributed by atoms with van der Waals surface area (Å²) in [6, 6.07) is 12.4. The van der Waals surface area contributed by atoms with Crippen LogP contribution in [0.4, 0.5) is 4.39 Å². The Balaban J connectivity index is 2.15. The number of carbonyl (C=O) groups excluding carboxylic acids is 1. The number of carbonyl (C=O) groups is 1. The van der Waals surface area contributed by atoms with E-state index in [0.29, 0.717) is 13.1 Å². The van der Waals surface area contributed by atoms with Crippen molar-refractivity contribution in [3.63, 3.8) is 0 Å². The molecule has 2 aromatic carbocycles. The number of hydrogen-bond donors (Lipinski definition) is 1. The lowest BCUT2D eigenvalue weighted by Crippen LogP contribution is -2.27. The number of nitrogens with two attached hydrogens (primary N) is 1. The van der Waals surface area contributed by atoms with Crippen LogP contribution in [0.3, 0.4) is 0 Å². The zero-order valence-corrected chi connectivity index (χ0v) is 12.3. The Kier molecular flexibility index (Phi) is 4.70. The molecule has 0 aliphatic rings. The summed E-state index contributed by atoms with van der Waals surface area (Å²) in [5, 5.41) is 0. The maximum absolute atomic E-state index is 13.9. The maximum Gasteiger partial charge on any atom is 0.256 e. The van der Waals surface area contributed by atoms with Crippen molar-refractivity contribution in [3.05, 3.63) is 70.5 Å². The Morgan fingerprint density at radius 2 is 1.90 bits per heavy atom. The molecule has 110 valence electrons. The zero-order chi connectivity index (χ0) is 15.4. The summed E-state index contributed by atoms with van der Waals surface area (Å²) >= 11 is 0. The first-order valence-corrected chi connectivity index (χ1v) is 6.80. The van der Waals surface area contributed by atoms with Gasteiger partial charge >= 0.3 is 0 Å². The van der Waals surface area contributed by atoms with Crippen LogP contribution in [0.15, 0.2) is 42.5 Å². The van der Waals surface area contributed by atoms with E-state index in [0.717, 1.165) is 16.7 Å². The standard InChI is InChI=1S/C17H19FN2O/c1-12-6-7-15(16(18)8-12)17(21)20(2)11-14-5-3-4-13(9-14)10-19/h3-9H,10-11,19H2,1-2H3. The van der Waals surface area contributed by atoms with E-state index in [1.807, 2.05) is 24.3 Å². The van der Waals surface area contributed by atoms with E-state index in [9.17, 15) is 9.18 Å². The van der Waals surface area contributed by atoms with Gasteiger partial charge in [-0.05, 0) is 35.7 Å². The van der Waals surface area contributed by atoms with Crippen molar-refractivity contribution < 1.29 is 9.18 Å². The van der Waals surface area contributed by atoms with Gasteiger partial charge in [0, 0.05) is 20.1 Å². The summed E-state index contributed by atoms with van der Waals surface area (Å²) in [4.78, 5) is 13.8. The molecule has 0 saturated carbocycles. The van der Waals surface area contributed by atoms with Crippen LogP contribution in [0.25, 0.3) is 0 Å². The third-order valence-corrected chi connectivity index (χ3v) is 3.35. The molecule has 0 aliphatic carbocycles. The second kappa shape index (κ2) is 6.50. The minimum absolute atomic E-state index is 0.0954. The molecule has 21 heavy (non-hydrogen) atoms. The molecule has 0 atom stereocenters. The van der Waals surface area contributed by atoms with Gasteiger partial charge in [-0.15, -0.1) is 0 Å². The van der Waals surface area contributed by atoms with E-state index < -0.39 is 5.82 Å². The number of nitrogens with zero attached hydrogens (tertiary/aromatic N) is 1. The Labute approximate surface area is 124 Å². The van der Waals surface area contributed by atoms with Crippen molar-refractivity contribution in [3.8, 4) is 0 Å². The van der Waals surface area contributed by atoms with Crippen LogP contribution in [0, 0.1) is 12.7 Å². The van der Waals surface area contributed by atoms with E-state index in [1.165, 1.54) is 17.0 Å². The molecule has 0 aliphatic heterocycles. The summed E-state index contributed by atoms with van der Waals surface area (Å²) in [5.41, 5.74) is 8.48. The van der Waals surface area contributed by atoms with Gasteiger partial charge in [0.05, 0.1) is 5.56 Å². The van der Waals surface area contributed by atoms with Crippen molar-refractivity contribution in [2.45, 2.75) is 20.0 Å². The molecule has 0 fully saturated rings. The second-order valence-electron chi connectivity index (χ2n) is 5.17. The number of aryl methyl sites for hydroxylation is 1. The van der Waals surface area contributed by atoms with Crippen LogP contribution in [-0.2, 0) is 13.1 Å². The summed E-state index contributed by atoms with van der Waals surface area (Å²) in [6.45, 7) is 2.66. The highest BCUT2D eigenvalue weighted by Crippen LogP contribution is 2.14. The molecular weight excluding hydrogens is 267 g/mol. The lowest BCUT2D eigenvalue weighted by Gasteiger charge is -2.18. The molecule has 4 heteroatoms. The summed E-state index contributed by atoms with van der Waals surface area (Å²) in [7, 11) is 1.66. The molecule has 3 nitrogen and oxygen atoms in total. The highest BCUT2D eigenvalue weighted by molar-refractivity contribution is 5.94. The SMILES string of the molecule is Cc1ccc(C(=O)N(C)Cc2cccc(CN)c2)c(F)c1. The minimum Gasteiger partial charge on any atom is -0.337 e. The monoisotopic (exact) mass is 286 g/mol. The zero-order valence-electron chi connectivity index (χ0n) is 12.3. The van der Waals surface area contributed by atoms with Crippen LogP contribution in [0.1, 0.15) is 27.0 Å². The van der Waals surface area contributed by atoms with E-state index in [-0.39, 0.29) is 11.5 Å². The van der Waals surface area contributed by atoms with Crippen molar-refractivity contribution >= 4 is 5.91 Å². The van der Waals surface area contributed by atoms with Crippen LogP contribution >= 0.6 is 0 Å². The first kappa shape index (κ1) is 15.2. The summed E-state index contributed by atoms with van der Waals surface area (Å²) in [6.07, 6.45) is 0. The Morgan fingerprint density at radius 1 is 1.19 bits per heavy atom. The van der Waals surface area contributed by atoms with Crippen LogP contribution < -0.4 is 5.73 Å². The van der Waals surface area contributed by atoms with Crippen molar-refractivity contribution in [1.29, 1.82) is 0 Å². The van der Waals surface area contributed by atoms with Gasteiger partial charge in [0.25, 0.3) is 5.91 Å². The van der Waals surface area contributed by atoms with Gasteiger partial charge in [-0.3, -0.25) is 4.79 Å². The second-order valence-corrected chi connectivity index (χ2v) is 5.17. The topological polar surface area (TPSA) is 46.3 Å². The van der Waals surface area contributed by atoms with E-state index in [4.69, 9.17) is 5.73 Å². The number of halogens is 1. The molecule has 0 unspecified atom stereocenters. The quantitative estimate of drug-likeness (QED) is 0.939. The predicted molar refractivity (Wildman–Crippen MR) is 81.3 cm³/mol. The van der Waals surface area contributed by atoms with Crippen molar-refractivity contribution in [2.24, 2.45) is 5.73 Å². The predicted octanol–water partition coefficient (Wildman–Crippen LogP) is 2.87. The molecule has 0 heterocycles. The molecule has 0 radical (unpaired) electrons. The molecule has 0 saturated heterocycles. The molecule has 0 bridgehead atoms. The van der Waals surface area contributed by atoms with Gasteiger partial charge < -0.3 is 10.6 Å². The molecule has 2 aromatic rings. The van der Waals surface area contributed by atoms with E-state index in [2.05, 4.69) is 0 Å². The lowest BCUT2D eigenvalue weighted by molar-refractivity contribution is 0.0780. The van der Waals surface area contributed by atoms with Crippen LogP contribution in [0.2, 0.25) is 0 Å². The fourth-order valence-corrected chi connectivity index (χ4v) is 2.20. The van der Waals surface area contributed by atoms with Gasteiger partial charge in [-0.25, -0.2) is 4.39 Å². The van der Waals surface area contributed by atoms with E-state index in [1.54, 1.807) is 20.0 Å². The smallest absolute Gasteiger partial charge is 0.256 e. The molecule has 2 rings (SSSR count). The molecular formula is C17H19FN2O. The van der Waals surface area contributed by atoms with Crippen molar-refractivity contribution in [1.82, 2.24) is 4.90 Å². The third-order valence-electron chi connectivity index (χ3n) is 3.35. The summed E-state index contributed by atoms with van der Waals surface area (Å²) < 4.78 is 13.9. The summed E-state index contributed by atoms with van der Waals surface area (Å²) in [5.74, 6) is -0.812. The number of hydrogen-bond acceptors (Lipinski definition) is 2. The first-order valence-electron chi connectivity index (χ1n) is 6.80. The van der Waals surface area contributed by atoms with Gasteiger partial charge in [0.2, 0.25) is 0 Å². The lowest BCUT2D eigenvalue weighted by atomic mass is 10.1. The van der Waals surface area contributed by atoms with E-state index >= 15 is 0 Å². The average Bonchev–Trinajstić information content (AvgIpc) is 2.46. The van der Waals surface area contributed by atoms with Crippen LogP contribution in [0.5, 0.6) is 0 Å². The Bertz CT molecular complexity index is 655. The third kappa shape index (κ3) is 3.67. The average molecular weight is 286 g/mol. The molecule has 2 N–H and O–H groups in total. The van der Waals surface area contributed by atoms with Crippen molar-refractivity contribution in [2.75, 3.05) is 7.05 Å². The number of amides is 1. The number of benzene rings is 2. The highest BCUT2D eigenvalue weighted by Gasteiger charge is 2.16. The first-order chi connectivity index (χ1) is 10.0. The molecule has 0 spiro atoms. The van der Waals surface area contributed by atoms with Gasteiger partial charge in [0.1, 0.15) is 5.82 Å². The highest BCUT2D eigenvalue weighted by atomic mass is 19.1. The fourth-order valence-electron chi connectivity index (χ4n) is 2.20. The Morgan fingerprint density at radius 3 is 2.57 bits per heavy atom. The Hall–Kier alpha value is -2.20. The molecule has 1 amide bonds. The molecule has 0 aromatic heterocycles. The van der Waals surface area contributed by atoms with Gasteiger partial charge in [-0.2, -0.15) is 0 Å². The fraction of sp³-hybridized carbons (Fsp3) is 0.235.